The molecule has 0 radical (unpaired) electrons. The van der Waals surface area contributed by atoms with Crippen molar-refractivity contribution in [2.24, 2.45) is 0 Å². The first-order valence-electron chi connectivity index (χ1n) is 5.00. The van der Waals surface area contributed by atoms with Gasteiger partial charge in [0.2, 0.25) is 0 Å². The van der Waals surface area contributed by atoms with Crippen LogP contribution in [0.5, 0.6) is 0 Å². The quantitative estimate of drug-likeness (QED) is 0.467. The van der Waals surface area contributed by atoms with Crippen molar-refractivity contribution < 1.29 is 22.1 Å². The maximum atomic E-state index is 11.4. The minimum atomic E-state index is -3.75. The van der Waals surface area contributed by atoms with E-state index in [1.807, 2.05) is 0 Å². The van der Waals surface area contributed by atoms with Gasteiger partial charge in [-0.1, -0.05) is 30.3 Å². The lowest BCUT2D eigenvalue weighted by atomic mass is 10.1. The summed E-state index contributed by atoms with van der Waals surface area (Å²) in [6, 6.07) is 8.37. The van der Waals surface area contributed by atoms with Gasteiger partial charge in [0, 0.05) is 0 Å². The molecule has 0 aliphatic heterocycles. The molecule has 1 aromatic rings. The number of esters is 1. The Kier molecular flexibility index (Phi) is 5.13. The fourth-order valence-corrected chi connectivity index (χ4v) is 2.29. The molecule has 18 heavy (non-hydrogen) atoms. The Hall–Kier alpha value is -1.11. The Balaban J connectivity index is 3.07. The van der Waals surface area contributed by atoms with Crippen molar-refractivity contribution in [1.29, 1.82) is 0 Å². The molecular weight excluding hydrogens is 280 g/mol. The molecule has 0 aliphatic rings. The number of carbonyl (C=O) groups is 1. The van der Waals surface area contributed by atoms with Gasteiger partial charge < -0.3 is 4.74 Å². The number of hydrogen-bond donors (Lipinski definition) is 0. The first-order chi connectivity index (χ1) is 8.35. The summed E-state index contributed by atoms with van der Waals surface area (Å²) in [5.41, 5.74) is 0.480. The summed E-state index contributed by atoms with van der Waals surface area (Å²) < 4.78 is 31.7. The number of hydrogen-bond acceptors (Lipinski definition) is 5. The molecule has 0 saturated carbocycles. The Bertz CT molecular complexity index is 499. The lowest BCUT2D eigenvalue weighted by Gasteiger charge is -2.20. The summed E-state index contributed by atoms with van der Waals surface area (Å²) in [6.45, 7) is 0. The summed E-state index contributed by atoms with van der Waals surface area (Å²) in [5.74, 6) is -0.755. The van der Waals surface area contributed by atoms with Crippen molar-refractivity contribution >= 4 is 27.7 Å². The fourth-order valence-electron chi connectivity index (χ4n) is 1.34. The summed E-state index contributed by atoms with van der Waals surface area (Å²) in [4.78, 5) is 11.4. The molecule has 7 heteroatoms. The zero-order valence-corrected chi connectivity index (χ0v) is 11.4. The van der Waals surface area contributed by atoms with E-state index in [1.165, 1.54) is 7.11 Å². The Morgan fingerprint density at radius 3 is 2.28 bits per heavy atom. The van der Waals surface area contributed by atoms with Crippen molar-refractivity contribution in [2.45, 2.75) is 11.5 Å². The van der Waals surface area contributed by atoms with Crippen LogP contribution in [0.25, 0.3) is 0 Å². The van der Waals surface area contributed by atoms with Crippen LogP contribution in [0.2, 0.25) is 0 Å². The molecule has 0 saturated heterocycles. The Morgan fingerprint density at radius 2 is 1.83 bits per heavy atom. The molecule has 0 heterocycles. The Morgan fingerprint density at radius 1 is 1.28 bits per heavy atom. The highest BCUT2D eigenvalue weighted by molar-refractivity contribution is 7.86. The van der Waals surface area contributed by atoms with E-state index in [0.717, 1.165) is 6.26 Å². The third-order valence-corrected chi connectivity index (χ3v) is 3.06. The first-order valence-corrected chi connectivity index (χ1v) is 7.25. The van der Waals surface area contributed by atoms with E-state index in [0.29, 0.717) is 5.56 Å². The van der Waals surface area contributed by atoms with Crippen LogP contribution in [0.4, 0.5) is 0 Å². The van der Waals surface area contributed by atoms with Crippen LogP contribution in [-0.4, -0.2) is 33.1 Å². The number of alkyl halides is 1. The minimum Gasteiger partial charge on any atom is -0.468 e. The van der Waals surface area contributed by atoms with Gasteiger partial charge in [-0.25, -0.2) is 0 Å². The minimum absolute atomic E-state index is 0.480. The van der Waals surface area contributed by atoms with Crippen molar-refractivity contribution in [3.63, 3.8) is 0 Å². The van der Waals surface area contributed by atoms with E-state index in [9.17, 15) is 13.2 Å². The number of halogens is 1. The van der Waals surface area contributed by atoms with E-state index in [-0.39, 0.29) is 0 Å². The fraction of sp³-hybridized carbons (Fsp3) is 0.364. The maximum absolute atomic E-state index is 11.4. The number of carbonyl (C=O) groups excluding carboxylic acids is 1. The highest BCUT2D eigenvalue weighted by Crippen LogP contribution is 2.27. The number of methoxy groups -OCH3 is 1. The van der Waals surface area contributed by atoms with Gasteiger partial charge >= 0.3 is 5.97 Å². The van der Waals surface area contributed by atoms with Crippen LogP contribution in [0.3, 0.4) is 0 Å². The third kappa shape index (κ3) is 4.29. The van der Waals surface area contributed by atoms with Crippen LogP contribution >= 0.6 is 11.6 Å². The molecule has 100 valence electrons. The molecule has 0 unspecified atom stereocenters. The van der Waals surface area contributed by atoms with Gasteiger partial charge in [-0.15, -0.1) is 11.6 Å². The molecule has 0 amide bonds. The molecule has 1 rings (SSSR count). The molecule has 0 aliphatic carbocycles. The summed E-state index contributed by atoms with van der Waals surface area (Å²) in [5, 5.41) is -1.24. The van der Waals surface area contributed by atoms with Crippen molar-refractivity contribution in [1.82, 2.24) is 0 Å². The smallest absolute Gasteiger partial charge is 0.326 e. The van der Waals surface area contributed by atoms with Gasteiger partial charge in [0.1, 0.15) is 6.10 Å². The first kappa shape index (κ1) is 14.9. The molecule has 2 atom stereocenters. The van der Waals surface area contributed by atoms with E-state index < -0.39 is 27.6 Å². The van der Waals surface area contributed by atoms with E-state index in [1.54, 1.807) is 30.3 Å². The van der Waals surface area contributed by atoms with Gasteiger partial charge in [0.05, 0.1) is 13.4 Å². The predicted molar refractivity (Wildman–Crippen MR) is 66.8 cm³/mol. The van der Waals surface area contributed by atoms with Crippen LogP contribution in [-0.2, 0) is 23.8 Å². The molecule has 0 spiro atoms. The largest absolute Gasteiger partial charge is 0.468 e. The van der Waals surface area contributed by atoms with Gasteiger partial charge in [-0.05, 0) is 5.56 Å². The number of benzene rings is 1. The maximum Gasteiger partial charge on any atom is 0.326 e. The van der Waals surface area contributed by atoms with Gasteiger partial charge in [0.15, 0.2) is 5.38 Å². The van der Waals surface area contributed by atoms with Crippen LogP contribution < -0.4 is 0 Å². The Labute approximate surface area is 111 Å². The van der Waals surface area contributed by atoms with E-state index >= 15 is 0 Å². The highest BCUT2D eigenvalue weighted by atomic mass is 35.5. The second-order valence-electron chi connectivity index (χ2n) is 3.56. The average molecular weight is 293 g/mol. The molecule has 0 aromatic heterocycles. The van der Waals surface area contributed by atoms with Crippen molar-refractivity contribution in [3.05, 3.63) is 35.9 Å². The van der Waals surface area contributed by atoms with E-state index in [4.69, 9.17) is 15.8 Å². The third-order valence-electron chi connectivity index (χ3n) is 2.10. The standard InChI is InChI=1S/C11H13ClO5S/c1-16-11(13)9(12)10(17-18(2,14)15)8-6-4-3-5-7-8/h3-7,9-10H,1-2H3/t9-,10-/m1/s1. The van der Waals surface area contributed by atoms with Crippen LogP contribution in [0.15, 0.2) is 30.3 Å². The average Bonchev–Trinajstić information content (AvgIpc) is 2.34. The molecular formula is C11H13ClO5S. The molecule has 0 fully saturated rings. The van der Waals surface area contributed by atoms with Gasteiger partial charge in [-0.2, -0.15) is 8.42 Å². The molecule has 5 nitrogen and oxygen atoms in total. The summed E-state index contributed by atoms with van der Waals surface area (Å²) in [7, 11) is -2.58. The van der Waals surface area contributed by atoms with Crippen LogP contribution in [0, 0.1) is 0 Å². The molecule has 0 bridgehead atoms. The number of ether oxygens (including phenoxy) is 1. The lowest BCUT2D eigenvalue weighted by Crippen LogP contribution is -2.27. The predicted octanol–water partition coefficient (Wildman–Crippen LogP) is 1.48. The topological polar surface area (TPSA) is 69.7 Å². The zero-order chi connectivity index (χ0) is 13.8. The van der Waals surface area contributed by atoms with Crippen LogP contribution in [0.1, 0.15) is 11.7 Å². The van der Waals surface area contributed by atoms with E-state index in [2.05, 4.69) is 4.74 Å². The zero-order valence-electron chi connectivity index (χ0n) is 9.87. The van der Waals surface area contributed by atoms with Crippen molar-refractivity contribution in [3.8, 4) is 0 Å². The summed E-state index contributed by atoms with van der Waals surface area (Å²) >= 11 is 5.87. The van der Waals surface area contributed by atoms with Crippen molar-refractivity contribution in [2.75, 3.05) is 13.4 Å². The highest BCUT2D eigenvalue weighted by Gasteiger charge is 2.32. The number of rotatable bonds is 5. The normalized spacial score (nSPS) is 14.8. The van der Waals surface area contributed by atoms with Gasteiger partial charge in [0.25, 0.3) is 10.1 Å². The molecule has 1 aromatic carbocycles. The lowest BCUT2D eigenvalue weighted by molar-refractivity contribution is -0.141. The molecule has 0 N–H and O–H groups in total. The van der Waals surface area contributed by atoms with Gasteiger partial charge in [-0.3, -0.25) is 8.98 Å². The second-order valence-corrected chi connectivity index (χ2v) is 5.63. The monoisotopic (exact) mass is 292 g/mol. The second kappa shape index (κ2) is 6.17. The summed E-state index contributed by atoms with van der Waals surface area (Å²) in [6.07, 6.45) is -0.223. The SMILES string of the molecule is COC(=O)[C@H](Cl)[C@H](OS(C)(=O)=O)c1ccccc1.